The van der Waals surface area contributed by atoms with E-state index in [9.17, 15) is 9.59 Å². The van der Waals surface area contributed by atoms with Gasteiger partial charge in [0.15, 0.2) is 6.61 Å². The number of amides is 1. The van der Waals surface area contributed by atoms with Gasteiger partial charge in [0.1, 0.15) is 0 Å². The van der Waals surface area contributed by atoms with Crippen LogP contribution in [-0.2, 0) is 14.3 Å². The molecule has 0 heterocycles. The Kier molecular flexibility index (Phi) is 6.48. The fourth-order valence-electron chi connectivity index (χ4n) is 1.66. The molecule has 1 amide bonds. The first kappa shape index (κ1) is 16.8. The lowest BCUT2D eigenvalue weighted by atomic mass is 10.1. The predicted octanol–water partition coefficient (Wildman–Crippen LogP) is 0.254. The highest BCUT2D eigenvalue weighted by atomic mass is 16.5. The second-order valence-corrected chi connectivity index (χ2v) is 4.59. The SMILES string of the molecule is COCCNC(=O)COC(=O)c1cc(N)ccc1N(C)C. The molecule has 0 unspecified atom stereocenters. The summed E-state index contributed by atoms with van der Waals surface area (Å²) in [6.45, 7) is 0.429. The maximum Gasteiger partial charge on any atom is 0.340 e. The Labute approximate surface area is 124 Å². The maximum absolute atomic E-state index is 12.0. The molecule has 0 aromatic heterocycles. The molecule has 0 bridgehead atoms. The molecule has 0 aliphatic heterocycles. The number of hydrogen-bond acceptors (Lipinski definition) is 6. The van der Waals surface area contributed by atoms with E-state index in [1.54, 1.807) is 31.1 Å². The first-order valence-electron chi connectivity index (χ1n) is 6.45. The van der Waals surface area contributed by atoms with Crippen LogP contribution in [0.3, 0.4) is 0 Å². The zero-order valence-corrected chi connectivity index (χ0v) is 12.5. The summed E-state index contributed by atoms with van der Waals surface area (Å²) in [5.74, 6) is -0.969. The van der Waals surface area contributed by atoms with Crippen LogP contribution in [0.2, 0.25) is 0 Å². The first-order chi connectivity index (χ1) is 9.95. The summed E-state index contributed by atoms with van der Waals surface area (Å²) in [5, 5.41) is 2.56. The number of anilines is 2. The second-order valence-electron chi connectivity index (χ2n) is 4.59. The number of carbonyl (C=O) groups is 2. The Hall–Kier alpha value is -2.28. The van der Waals surface area contributed by atoms with Gasteiger partial charge in [-0.3, -0.25) is 4.79 Å². The van der Waals surface area contributed by atoms with Crippen molar-refractivity contribution in [2.75, 3.05) is 51.6 Å². The molecule has 0 fully saturated rings. The van der Waals surface area contributed by atoms with Crippen LogP contribution in [0.4, 0.5) is 11.4 Å². The number of nitrogen functional groups attached to an aromatic ring is 1. The number of methoxy groups -OCH3 is 1. The second kappa shape index (κ2) is 8.11. The molecule has 0 aliphatic carbocycles. The third-order valence-corrected chi connectivity index (χ3v) is 2.69. The summed E-state index contributed by atoms with van der Waals surface area (Å²) < 4.78 is 9.79. The molecule has 0 aliphatic rings. The molecule has 0 spiro atoms. The fraction of sp³-hybridized carbons (Fsp3) is 0.429. The minimum atomic E-state index is -0.590. The summed E-state index contributed by atoms with van der Waals surface area (Å²) in [6.07, 6.45) is 0. The zero-order chi connectivity index (χ0) is 15.8. The van der Waals surface area contributed by atoms with Gasteiger partial charge < -0.3 is 25.4 Å². The van der Waals surface area contributed by atoms with E-state index in [0.29, 0.717) is 30.1 Å². The molecule has 7 heteroatoms. The highest BCUT2D eigenvalue weighted by Crippen LogP contribution is 2.22. The van der Waals surface area contributed by atoms with Crippen LogP contribution < -0.4 is 16.0 Å². The largest absolute Gasteiger partial charge is 0.452 e. The van der Waals surface area contributed by atoms with Crippen LogP contribution in [-0.4, -0.2) is 52.8 Å². The maximum atomic E-state index is 12.0. The van der Waals surface area contributed by atoms with Gasteiger partial charge in [-0.05, 0) is 18.2 Å². The summed E-state index contributed by atoms with van der Waals surface area (Å²) in [6, 6.07) is 4.95. The van der Waals surface area contributed by atoms with E-state index in [2.05, 4.69) is 5.32 Å². The van der Waals surface area contributed by atoms with E-state index >= 15 is 0 Å². The number of nitrogens with zero attached hydrogens (tertiary/aromatic N) is 1. The van der Waals surface area contributed by atoms with Gasteiger partial charge in [-0.15, -0.1) is 0 Å². The van der Waals surface area contributed by atoms with Crippen molar-refractivity contribution >= 4 is 23.3 Å². The van der Waals surface area contributed by atoms with Crippen molar-refractivity contribution in [3.8, 4) is 0 Å². The lowest BCUT2D eigenvalue weighted by molar-refractivity contribution is -0.124. The minimum Gasteiger partial charge on any atom is -0.452 e. The van der Waals surface area contributed by atoms with Crippen molar-refractivity contribution in [3.05, 3.63) is 23.8 Å². The van der Waals surface area contributed by atoms with E-state index in [4.69, 9.17) is 15.2 Å². The third-order valence-electron chi connectivity index (χ3n) is 2.69. The quantitative estimate of drug-likeness (QED) is 0.425. The van der Waals surface area contributed by atoms with Crippen LogP contribution in [0.15, 0.2) is 18.2 Å². The van der Waals surface area contributed by atoms with E-state index < -0.39 is 5.97 Å². The lowest BCUT2D eigenvalue weighted by Crippen LogP contribution is -2.31. The topological polar surface area (TPSA) is 93.9 Å². The zero-order valence-electron chi connectivity index (χ0n) is 12.5. The molecule has 1 aromatic rings. The average Bonchev–Trinajstić information content (AvgIpc) is 2.44. The molecular formula is C14H21N3O4. The molecule has 0 radical (unpaired) electrons. The van der Waals surface area contributed by atoms with Crippen LogP contribution in [0.1, 0.15) is 10.4 Å². The number of esters is 1. The normalized spacial score (nSPS) is 10.0. The Morgan fingerprint density at radius 1 is 1.33 bits per heavy atom. The smallest absolute Gasteiger partial charge is 0.340 e. The third kappa shape index (κ3) is 5.31. The number of rotatable bonds is 7. The number of hydrogen-bond donors (Lipinski definition) is 2. The van der Waals surface area contributed by atoms with Crippen LogP contribution in [0.25, 0.3) is 0 Å². The molecule has 0 saturated carbocycles. The Bertz CT molecular complexity index is 503. The molecule has 1 aromatic carbocycles. The average molecular weight is 295 g/mol. The first-order valence-corrected chi connectivity index (χ1v) is 6.45. The molecule has 0 atom stereocenters. The van der Waals surface area contributed by atoms with Crippen LogP contribution in [0.5, 0.6) is 0 Å². The molecule has 7 nitrogen and oxygen atoms in total. The molecule has 116 valence electrons. The summed E-state index contributed by atoms with van der Waals surface area (Å²) in [4.78, 5) is 25.3. The number of ether oxygens (including phenoxy) is 2. The van der Waals surface area contributed by atoms with Crippen LogP contribution in [0, 0.1) is 0 Å². The van der Waals surface area contributed by atoms with E-state index in [1.165, 1.54) is 13.2 Å². The number of benzene rings is 1. The van der Waals surface area contributed by atoms with Gasteiger partial charge in [0.2, 0.25) is 0 Å². The van der Waals surface area contributed by atoms with Crippen molar-refractivity contribution in [2.24, 2.45) is 0 Å². The van der Waals surface area contributed by atoms with Gasteiger partial charge in [-0.25, -0.2) is 4.79 Å². The van der Waals surface area contributed by atoms with Gasteiger partial charge >= 0.3 is 5.97 Å². The fourth-order valence-corrected chi connectivity index (χ4v) is 1.66. The number of nitrogens with one attached hydrogen (secondary N) is 1. The monoisotopic (exact) mass is 295 g/mol. The molecule has 0 saturated heterocycles. The van der Waals surface area contributed by atoms with Crippen molar-refractivity contribution in [2.45, 2.75) is 0 Å². The van der Waals surface area contributed by atoms with Gasteiger partial charge in [-0.1, -0.05) is 0 Å². The number of carbonyl (C=O) groups excluding carboxylic acids is 2. The predicted molar refractivity (Wildman–Crippen MR) is 80.3 cm³/mol. The van der Waals surface area contributed by atoms with Crippen molar-refractivity contribution in [3.63, 3.8) is 0 Å². The minimum absolute atomic E-state index is 0.324. The lowest BCUT2D eigenvalue weighted by Gasteiger charge is -2.17. The molecule has 3 N–H and O–H groups in total. The van der Waals surface area contributed by atoms with Crippen molar-refractivity contribution in [1.82, 2.24) is 5.32 Å². The molecular weight excluding hydrogens is 274 g/mol. The highest BCUT2D eigenvalue weighted by molar-refractivity contribution is 5.97. The Morgan fingerprint density at radius 3 is 2.67 bits per heavy atom. The van der Waals surface area contributed by atoms with Gasteiger partial charge in [0.25, 0.3) is 5.91 Å². The Morgan fingerprint density at radius 2 is 2.05 bits per heavy atom. The van der Waals surface area contributed by atoms with Crippen molar-refractivity contribution in [1.29, 1.82) is 0 Å². The van der Waals surface area contributed by atoms with Crippen molar-refractivity contribution < 1.29 is 19.1 Å². The number of nitrogens with two attached hydrogens (primary N) is 1. The highest BCUT2D eigenvalue weighted by Gasteiger charge is 2.16. The van der Waals surface area contributed by atoms with E-state index in [1.807, 2.05) is 0 Å². The van der Waals surface area contributed by atoms with Gasteiger partial charge in [-0.2, -0.15) is 0 Å². The summed E-state index contributed by atoms with van der Waals surface area (Å²) >= 11 is 0. The summed E-state index contributed by atoms with van der Waals surface area (Å²) in [7, 11) is 5.15. The Balaban J connectivity index is 2.63. The van der Waals surface area contributed by atoms with E-state index in [-0.39, 0.29) is 12.5 Å². The van der Waals surface area contributed by atoms with Crippen LogP contribution >= 0.6 is 0 Å². The van der Waals surface area contributed by atoms with E-state index in [0.717, 1.165) is 0 Å². The standard InChI is InChI=1S/C14H21N3O4/c1-17(2)12-5-4-10(15)8-11(12)14(19)21-9-13(18)16-6-7-20-3/h4-5,8H,6-7,9,15H2,1-3H3,(H,16,18). The molecule has 21 heavy (non-hydrogen) atoms. The van der Waals surface area contributed by atoms with Gasteiger partial charge in [0.05, 0.1) is 17.9 Å². The van der Waals surface area contributed by atoms with Gasteiger partial charge in [0, 0.05) is 33.4 Å². The summed E-state index contributed by atoms with van der Waals surface area (Å²) in [5.41, 5.74) is 7.14. The molecule has 1 rings (SSSR count).